The molecule has 6 heteroatoms. The van der Waals surface area contributed by atoms with Crippen molar-refractivity contribution in [1.29, 1.82) is 0 Å². The summed E-state index contributed by atoms with van der Waals surface area (Å²) in [6, 6.07) is 27.6. The number of rotatable bonds is 7. The lowest BCUT2D eigenvalue weighted by atomic mass is 10.1. The molecule has 6 nitrogen and oxygen atoms in total. The summed E-state index contributed by atoms with van der Waals surface area (Å²) in [7, 11) is 0. The molecule has 0 radical (unpaired) electrons. The minimum absolute atomic E-state index is 0.184. The van der Waals surface area contributed by atoms with Gasteiger partial charge in [-0.1, -0.05) is 66.7 Å². The second kappa shape index (κ2) is 9.66. The zero-order chi connectivity index (χ0) is 24.4. The number of hydrogen-bond acceptors (Lipinski definition) is 4. The Morgan fingerprint density at radius 2 is 1.69 bits per heavy atom. The Kier molecular flexibility index (Phi) is 6.27. The zero-order valence-corrected chi connectivity index (χ0v) is 19.9. The second-order valence-electron chi connectivity index (χ2n) is 8.94. The number of imide groups is 1. The summed E-state index contributed by atoms with van der Waals surface area (Å²) in [4.78, 5) is 26.9. The molecule has 2 amide bonds. The van der Waals surface area contributed by atoms with E-state index in [0.29, 0.717) is 12.2 Å². The van der Waals surface area contributed by atoms with E-state index in [1.54, 1.807) is 6.92 Å². The fourth-order valence-electron chi connectivity index (χ4n) is 4.67. The molecule has 4 aromatic rings. The van der Waals surface area contributed by atoms with Crippen molar-refractivity contribution >= 4 is 22.9 Å². The monoisotopic (exact) mass is 468 g/mol. The molecule has 1 aliphatic heterocycles. The van der Waals surface area contributed by atoms with Gasteiger partial charge in [-0.25, -0.2) is 9.69 Å². The fourth-order valence-corrected chi connectivity index (χ4v) is 4.67. The third-order valence-electron chi connectivity index (χ3n) is 6.46. The molecule has 0 N–H and O–H groups in total. The van der Waals surface area contributed by atoms with Crippen molar-refractivity contribution in [3.63, 3.8) is 0 Å². The molecule has 0 unspecified atom stereocenters. The molecule has 1 fully saturated rings. The number of aromatic nitrogens is 1. The van der Waals surface area contributed by atoms with Crippen LogP contribution in [-0.4, -0.2) is 40.2 Å². The standard InChI is InChI=1S/C29H28N2O4/c1-20-16-25-26(30(20)18-23-12-7-4-8-13-23)14-9-15-27(25)35-21(2)28(32)31-24(19-34-29(31)33)17-22-10-5-3-6-11-22/h3-16,21,24H,17-19H2,1-2H3/t21-,24+/m1/s1. The molecular formula is C29H28N2O4. The van der Waals surface area contributed by atoms with E-state index < -0.39 is 18.1 Å². The highest BCUT2D eigenvalue weighted by atomic mass is 16.6. The molecule has 1 saturated heterocycles. The van der Waals surface area contributed by atoms with E-state index in [9.17, 15) is 9.59 Å². The number of hydrogen-bond donors (Lipinski definition) is 0. The Morgan fingerprint density at radius 1 is 1.00 bits per heavy atom. The van der Waals surface area contributed by atoms with Crippen LogP contribution >= 0.6 is 0 Å². The van der Waals surface area contributed by atoms with Crippen molar-refractivity contribution < 1.29 is 19.1 Å². The van der Waals surface area contributed by atoms with Crippen molar-refractivity contribution in [1.82, 2.24) is 9.47 Å². The summed E-state index contributed by atoms with van der Waals surface area (Å²) in [6.45, 7) is 4.67. The van der Waals surface area contributed by atoms with E-state index in [1.807, 2.05) is 60.7 Å². The van der Waals surface area contributed by atoms with Gasteiger partial charge in [-0.05, 0) is 49.6 Å². The van der Waals surface area contributed by atoms with Crippen molar-refractivity contribution in [2.24, 2.45) is 0 Å². The summed E-state index contributed by atoms with van der Waals surface area (Å²) < 4.78 is 13.6. The van der Waals surface area contributed by atoms with Gasteiger partial charge >= 0.3 is 6.09 Å². The van der Waals surface area contributed by atoms with E-state index in [2.05, 4.69) is 35.8 Å². The van der Waals surface area contributed by atoms with Crippen LogP contribution in [0.15, 0.2) is 84.9 Å². The maximum Gasteiger partial charge on any atom is 0.417 e. The molecule has 1 aromatic heterocycles. The first-order chi connectivity index (χ1) is 17.0. The minimum atomic E-state index is -0.845. The van der Waals surface area contributed by atoms with Gasteiger partial charge in [-0.2, -0.15) is 0 Å². The van der Waals surface area contributed by atoms with Crippen molar-refractivity contribution in [2.45, 2.75) is 39.0 Å². The number of carbonyl (C=O) groups is 2. The molecule has 178 valence electrons. The number of fused-ring (bicyclic) bond motifs is 1. The lowest BCUT2D eigenvalue weighted by Crippen LogP contribution is -2.46. The first-order valence-corrected chi connectivity index (χ1v) is 11.8. The van der Waals surface area contributed by atoms with E-state index in [4.69, 9.17) is 9.47 Å². The third kappa shape index (κ3) is 4.64. The molecule has 3 aromatic carbocycles. The van der Waals surface area contributed by atoms with Gasteiger partial charge in [0.25, 0.3) is 5.91 Å². The quantitative estimate of drug-likeness (QED) is 0.367. The third-order valence-corrected chi connectivity index (χ3v) is 6.46. The summed E-state index contributed by atoms with van der Waals surface area (Å²) in [5.74, 6) is 0.219. The number of aryl methyl sites for hydroxylation is 1. The van der Waals surface area contributed by atoms with Crippen LogP contribution in [0.1, 0.15) is 23.7 Å². The van der Waals surface area contributed by atoms with Crippen molar-refractivity contribution in [3.8, 4) is 5.75 Å². The largest absolute Gasteiger partial charge is 0.480 e. The highest BCUT2D eigenvalue weighted by molar-refractivity contribution is 5.96. The SMILES string of the molecule is Cc1cc2c(O[C@H](C)C(=O)N3C(=O)OC[C@@H]3Cc3ccccc3)cccc2n1Cc1ccccc1. The molecule has 0 saturated carbocycles. The van der Waals surface area contributed by atoms with Crippen LogP contribution in [0.2, 0.25) is 0 Å². The molecule has 0 spiro atoms. The number of cyclic esters (lactones) is 1. The maximum atomic E-state index is 13.3. The smallest absolute Gasteiger partial charge is 0.417 e. The van der Waals surface area contributed by atoms with Gasteiger partial charge in [0.15, 0.2) is 6.10 Å². The van der Waals surface area contributed by atoms with E-state index >= 15 is 0 Å². The maximum absolute atomic E-state index is 13.3. The molecule has 2 atom stereocenters. The van der Waals surface area contributed by atoms with Crippen LogP contribution in [0.3, 0.4) is 0 Å². The Morgan fingerprint density at radius 3 is 2.40 bits per heavy atom. The van der Waals surface area contributed by atoms with Crippen LogP contribution < -0.4 is 4.74 Å². The van der Waals surface area contributed by atoms with Crippen molar-refractivity contribution in [3.05, 3.63) is 102 Å². The topological polar surface area (TPSA) is 60.8 Å². The van der Waals surface area contributed by atoms with E-state index in [0.717, 1.165) is 28.7 Å². The first-order valence-electron chi connectivity index (χ1n) is 11.8. The number of carbonyl (C=O) groups excluding carboxylic acids is 2. The lowest BCUT2D eigenvalue weighted by molar-refractivity contribution is -0.135. The van der Waals surface area contributed by atoms with Gasteiger partial charge in [0.2, 0.25) is 0 Å². The van der Waals surface area contributed by atoms with Gasteiger partial charge in [0, 0.05) is 17.6 Å². The summed E-state index contributed by atoms with van der Waals surface area (Å²) in [5.41, 5.74) is 4.39. The van der Waals surface area contributed by atoms with Gasteiger partial charge in [0.1, 0.15) is 12.4 Å². The van der Waals surface area contributed by atoms with Crippen molar-refractivity contribution in [2.75, 3.05) is 6.61 Å². The minimum Gasteiger partial charge on any atom is -0.480 e. The normalized spacial score (nSPS) is 16.3. The molecule has 35 heavy (non-hydrogen) atoms. The summed E-state index contributed by atoms with van der Waals surface area (Å²) in [5, 5.41) is 0.936. The highest BCUT2D eigenvalue weighted by Crippen LogP contribution is 2.31. The number of amides is 2. The molecule has 2 heterocycles. The number of benzene rings is 3. The van der Waals surface area contributed by atoms with E-state index in [-0.39, 0.29) is 12.6 Å². The summed E-state index contributed by atoms with van der Waals surface area (Å²) in [6.07, 6.45) is -0.918. The second-order valence-corrected chi connectivity index (χ2v) is 8.94. The zero-order valence-electron chi connectivity index (χ0n) is 19.9. The van der Waals surface area contributed by atoms with Gasteiger partial charge < -0.3 is 14.0 Å². The Labute approximate surface area is 204 Å². The van der Waals surface area contributed by atoms with Gasteiger partial charge in [0.05, 0.1) is 11.6 Å². The Balaban J connectivity index is 1.36. The van der Waals surface area contributed by atoms with Gasteiger partial charge in [-0.3, -0.25) is 4.79 Å². The predicted octanol–water partition coefficient (Wildman–Crippen LogP) is 5.36. The molecule has 5 rings (SSSR count). The fraction of sp³-hybridized carbons (Fsp3) is 0.241. The van der Waals surface area contributed by atoms with Crippen LogP contribution in [0.5, 0.6) is 5.75 Å². The molecule has 0 bridgehead atoms. The average Bonchev–Trinajstić information content (AvgIpc) is 3.39. The van der Waals surface area contributed by atoms with E-state index in [1.165, 1.54) is 10.5 Å². The lowest BCUT2D eigenvalue weighted by Gasteiger charge is -2.23. The number of ether oxygens (including phenoxy) is 2. The molecule has 0 aliphatic carbocycles. The Hall–Kier alpha value is -4.06. The van der Waals surface area contributed by atoms with Crippen LogP contribution in [-0.2, 0) is 22.5 Å². The van der Waals surface area contributed by atoms with Crippen LogP contribution in [0.4, 0.5) is 4.79 Å². The highest BCUT2D eigenvalue weighted by Gasteiger charge is 2.40. The first kappa shape index (κ1) is 22.7. The molecule has 1 aliphatic rings. The average molecular weight is 469 g/mol. The van der Waals surface area contributed by atoms with Gasteiger partial charge in [-0.15, -0.1) is 0 Å². The molecular weight excluding hydrogens is 440 g/mol. The van der Waals surface area contributed by atoms with Crippen LogP contribution in [0.25, 0.3) is 10.9 Å². The summed E-state index contributed by atoms with van der Waals surface area (Å²) >= 11 is 0. The Bertz CT molecular complexity index is 1350. The van der Waals surface area contributed by atoms with Crippen LogP contribution in [0, 0.1) is 6.92 Å². The predicted molar refractivity (Wildman–Crippen MR) is 134 cm³/mol. The number of nitrogens with zero attached hydrogens (tertiary/aromatic N) is 2.